The number of sulfonamides is 1. The fourth-order valence-corrected chi connectivity index (χ4v) is 4.87. The zero-order valence-corrected chi connectivity index (χ0v) is 21.5. The number of carbonyl (C=O) groups excluding carboxylic acids is 2. The monoisotopic (exact) mass is 505 g/mol. The maximum absolute atomic E-state index is 13.2. The SMILES string of the molecule is CC(=O)Nc1ccc(S(=O)(=O)N(C)c2cccc(-c3cnc4[nH]cc(C(=O)C(C)(C)C)c4n3)c2)cc1. The zero-order chi connectivity index (χ0) is 26.3. The first-order valence-corrected chi connectivity index (χ1v) is 12.7. The molecule has 0 fully saturated rings. The minimum absolute atomic E-state index is 0.0516. The average molecular weight is 506 g/mol. The molecule has 9 nitrogen and oxygen atoms in total. The van der Waals surface area contributed by atoms with Gasteiger partial charge in [-0.2, -0.15) is 0 Å². The van der Waals surface area contributed by atoms with E-state index < -0.39 is 15.4 Å². The van der Waals surface area contributed by atoms with E-state index in [9.17, 15) is 18.0 Å². The molecular formula is C26H27N5O4S. The lowest BCUT2D eigenvalue weighted by Crippen LogP contribution is -2.26. The number of amides is 1. The molecule has 10 heteroatoms. The summed E-state index contributed by atoms with van der Waals surface area (Å²) in [5.74, 6) is -0.292. The summed E-state index contributed by atoms with van der Waals surface area (Å²) in [6.07, 6.45) is 3.20. The van der Waals surface area contributed by atoms with Gasteiger partial charge >= 0.3 is 0 Å². The van der Waals surface area contributed by atoms with Crippen molar-refractivity contribution in [2.24, 2.45) is 5.41 Å². The van der Waals surface area contributed by atoms with Crippen LogP contribution in [-0.2, 0) is 14.8 Å². The van der Waals surface area contributed by atoms with Crippen LogP contribution >= 0.6 is 0 Å². The van der Waals surface area contributed by atoms with Crippen molar-refractivity contribution in [3.8, 4) is 11.3 Å². The van der Waals surface area contributed by atoms with Gasteiger partial charge in [-0.1, -0.05) is 32.9 Å². The molecule has 0 radical (unpaired) electrons. The third-order valence-electron chi connectivity index (χ3n) is 5.65. The van der Waals surface area contributed by atoms with Crippen molar-refractivity contribution in [1.29, 1.82) is 0 Å². The molecule has 0 aliphatic rings. The first-order chi connectivity index (χ1) is 16.9. The summed E-state index contributed by atoms with van der Waals surface area (Å²) in [6.45, 7) is 6.92. The van der Waals surface area contributed by atoms with Gasteiger partial charge in [0.2, 0.25) is 5.91 Å². The summed E-state index contributed by atoms with van der Waals surface area (Å²) >= 11 is 0. The Morgan fingerprint density at radius 3 is 2.39 bits per heavy atom. The molecule has 186 valence electrons. The number of carbonyl (C=O) groups is 2. The molecule has 0 aliphatic heterocycles. The lowest BCUT2D eigenvalue weighted by molar-refractivity contribution is -0.114. The Morgan fingerprint density at radius 2 is 1.75 bits per heavy atom. The number of aromatic nitrogens is 3. The van der Waals surface area contributed by atoms with E-state index in [0.29, 0.717) is 39.4 Å². The summed E-state index contributed by atoms with van der Waals surface area (Å²) in [7, 11) is -2.39. The molecule has 0 aliphatic carbocycles. The van der Waals surface area contributed by atoms with Gasteiger partial charge < -0.3 is 10.3 Å². The van der Waals surface area contributed by atoms with E-state index in [0.717, 1.165) is 0 Å². The summed E-state index contributed by atoms with van der Waals surface area (Å²) in [5.41, 5.74) is 2.96. The third kappa shape index (κ3) is 4.85. The van der Waals surface area contributed by atoms with Crippen LogP contribution in [0.25, 0.3) is 22.4 Å². The van der Waals surface area contributed by atoms with Crippen molar-refractivity contribution >= 4 is 44.3 Å². The highest BCUT2D eigenvalue weighted by atomic mass is 32.2. The van der Waals surface area contributed by atoms with Gasteiger partial charge in [-0.05, 0) is 36.4 Å². The Bertz CT molecular complexity index is 1570. The van der Waals surface area contributed by atoms with Crippen molar-refractivity contribution in [3.05, 3.63) is 66.5 Å². The predicted molar refractivity (Wildman–Crippen MR) is 139 cm³/mol. The first-order valence-electron chi connectivity index (χ1n) is 11.2. The van der Waals surface area contributed by atoms with Crippen LogP contribution in [0.4, 0.5) is 11.4 Å². The van der Waals surface area contributed by atoms with Crippen molar-refractivity contribution in [1.82, 2.24) is 15.0 Å². The summed E-state index contributed by atoms with van der Waals surface area (Å²) in [6, 6.07) is 12.9. The van der Waals surface area contributed by atoms with Gasteiger partial charge in [0.25, 0.3) is 10.0 Å². The van der Waals surface area contributed by atoms with Crippen LogP contribution < -0.4 is 9.62 Å². The van der Waals surface area contributed by atoms with Crippen molar-refractivity contribution < 1.29 is 18.0 Å². The number of hydrogen-bond acceptors (Lipinski definition) is 6. The van der Waals surface area contributed by atoms with E-state index in [1.807, 2.05) is 20.8 Å². The minimum Gasteiger partial charge on any atom is -0.344 e. The number of nitrogens with one attached hydrogen (secondary N) is 2. The number of Topliss-reactive ketones (excluding diaryl/α,β-unsaturated/α-hetero) is 1. The van der Waals surface area contributed by atoms with Gasteiger partial charge in [-0.15, -0.1) is 0 Å². The summed E-state index contributed by atoms with van der Waals surface area (Å²) < 4.78 is 27.7. The molecule has 36 heavy (non-hydrogen) atoms. The first kappa shape index (κ1) is 25.1. The van der Waals surface area contributed by atoms with Crippen LogP contribution in [0.3, 0.4) is 0 Å². The quantitative estimate of drug-likeness (QED) is 0.368. The number of ketones is 1. The number of hydrogen-bond donors (Lipinski definition) is 2. The maximum atomic E-state index is 13.2. The van der Waals surface area contributed by atoms with Gasteiger partial charge in [-0.3, -0.25) is 13.9 Å². The van der Waals surface area contributed by atoms with E-state index in [1.165, 1.54) is 42.5 Å². The van der Waals surface area contributed by atoms with E-state index in [-0.39, 0.29) is 16.6 Å². The molecule has 4 rings (SSSR count). The third-order valence-corrected chi connectivity index (χ3v) is 7.45. The van der Waals surface area contributed by atoms with Gasteiger partial charge in [0.15, 0.2) is 11.4 Å². The molecule has 0 atom stereocenters. The second-order valence-electron chi connectivity index (χ2n) is 9.46. The largest absolute Gasteiger partial charge is 0.344 e. The van der Waals surface area contributed by atoms with Crippen LogP contribution in [0.1, 0.15) is 38.1 Å². The number of benzene rings is 2. The van der Waals surface area contributed by atoms with E-state index in [1.54, 1.807) is 36.7 Å². The molecule has 0 saturated heterocycles. The molecule has 1 amide bonds. The van der Waals surface area contributed by atoms with Gasteiger partial charge in [0, 0.05) is 36.8 Å². The standard InChI is InChI=1S/C26H27N5O4S/c1-16(32)29-18-9-11-20(12-10-18)36(34,35)31(5)19-8-6-7-17(13-19)22-15-28-25-23(30-22)21(14-27-25)24(33)26(2,3)4/h6-15H,1-5H3,(H,27,28)(H,29,32). The Morgan fingerprint density at radius 1 is 1.06 bits per heavy atom. The van der Waals surface area contributed by atoms with Crippen LogP contribution in [0.5, 0.6) is 0 Å². The van der Waals surface area contributed by atoms with Crippen molar-refractivity contribution in [3.63, 3.8) is 0 Å². The molecular weight excluding hydrogens is 478 g/mol. The number of aromatic amines is 1. The fraction of sp³-hybridized carbons (Fsp3) is 0.231. The van der Waals surface area contributed by atoms with Gasteiger partial charge in [0.1, 0.15) is 5.52 Å². The number of nitrogens with zero attached hydrogens (tertiary/aromatic N) is 3. The molecule has 2 aromatic carbocycles. The Kier molecular flexibility index (Phi) is 6.40. The molecule has 2 aromatic heterocycles. The summed E-state index contributed by atoms with van der Waals surface area (Å²) in [5, 5.41) is 2.62. The number of fused-ring (bicyclic) bond motifs is 1. The highest BCUT2D eigenvalue weighted by Crippen LogP contribution is 2.30. The van der Waals surface area contributed by atoms with Crippen molar-refractivity contribution in [2.75, 3.05) is 16.7 Å². The van der Waals surface area contributed by atoms with Crippen molar-refractivity contribution in [2.45, 2.75) is 32.6 Å². The predicted octanol–water partition coefficient (Wildman–Crippen LogP) is 4.64. The second kappa shape index (κ2) is 9.19. The topological polar surface area (TPSA) is 125 Å². The molecule has 2 N–H and O–H groups in total. The Labute approximate surface area is 209 Å². The lowest BCUT2D eigenvalue weighted by atomic mass is 9.87. The zero-order valence-electron chi connectivity index (χ0n) is 20.7. The molecule has 4 aromatic rings. The van der Waals surface area contributed by atoms with Crippen LogP contribution in [0.2, 0.25) is 0 Å². The molecule has 0 unspecified atom stereocenters. The van der Waals surface area contributed by atoms with E-state index in [4.69, 9.17) is 0 Å². The highest BCUT2D eigenvalue weighted by molar-refractivity contribution is 7.92. The number of H-pyrrole nitrogens is 1. The number of rotatable bonds is 6. The smallest absolute Gasteiger partial charge is 0.264 e. The van der Waals surface area contributed by atoms with Crippen LogP contribution in [-0.4, -0.2) is 42.1 Å². The van der Waals surface area contributed by atoms with Gasteiger partial charge in [-0.25, -0.2) is 18.4 Å². The molecule has 0 spiro atoms. The second-order valence-corrected chi connectivity index (χ2v) is 11.4. The normalized spacial score (nSPS) is 11.9. The molecule has 0 saturated carbocycles. The highest BCUT2D eigenvalue weighted by Gasteiger charge is 2.27. The van der Waals surface area contributed by atoms with E-state index >= 15 is 0 Å². The molecule has 2 heterocycles. The van der Waals surface area contributed by atoms with Crippen LogP contribution in [0.15, 0.2) is 65.8 Å². The maximum Gasteiger partial charge on any atom is 0.264 e. The number of anilines is 2. The van der Waals surface area contributed by atoms with E-state index in [2.05, 4.69) is 20.3 Å². The van der Waals surface area contributed by atoms with Crippen LogP contribution in [0, 0.1) is 5.41 Å². The fourth-order valence-electron chi connectivity index (χ4n) is 3.68. The summed E-state index contributed by atoms with van der Waals surface area (Å²) in [4.78, 5) is 36.3. The molecule has 0 bridgehead atoms. The lowest BCUT2D eigenvalue weighted by Gasteiger charge is -2.20. The Hall–Kier alpha value is -4.05. The average Bonchev–Trinajstić information content (AvgIpc) is 3.25. The minimum atomic E-state index is -3.86. The van der Waals surface area contributed by atoms with Gasteiger partial charge in [0.05, 0.1) is 28.0 Å². The Balaban J connectivity index is 1.67.